The van der Waals surface area contributed by atoms with Crippen LogP contribution >= 0.6 is 129 Å². The number of carbonyl (C=O) groups excluding carboxylic acids is 5. The van der Waals surface area contributed by atoms with E-state index in [2.05, 4.69) is 203 Å². The molecular formula is C98H144BrI5N10O21SSi2. The molecule has 1 unspecified atom stereocenters. The number of likely N-dealkylation sites (tertiary alicyclic amines) is 4. The van der Waals surface area contributed by atoms with Gasteiger partial charge in [-0.05, 0) is 318 Å². The van der Waals surface area contributed by atoms with Gasteiger partial charge in [-0.25, -0.2) is 0 Å². The minimum Gasteiger partial charge on any atom is -0.491 e. The molecule has 40 heteroatoms. The summed E-state index contributed by atoms with van der Waals surface area (Å²) < 4.78 is 81.7. The van der Waals surface area contributed by atoms with E-state index >= 15 is 0 Å². The molecule has 31 nitrogen and oxygen atoms in total. The number of rotatable bonds is 32. The molecule has 15 heterocycles. The van der Waals surface area contributed by atoms with Gasteiger partial charge < -0.3 is 65.4 Å². The summed E-state index contributed by atoms with van der Waals surface area (Å²) in [4.78, 5) is 141. The zero-order valence-corrected chi connectivity index (χ0v) is 99.5. The molecule has 138 heavy (non-hydrogen) atoms. The van der Waals surface area contributed by atoms with Crippen molar-refractivity contribution in [3.05, 3.63) is 126 Å². The van der Waals surface area contributed by atoms with Crippen LogP contribution in [0.5, 0.6) is 28.7 Å². The summed E-state index contributed by atoms with van der Waals surface area (Å²) in [6.07, 6.45) is 18.4. The van der Waals surface area contributed by atoms with Crippen molar-refractivity contribution in [2.45, 2.75) is 306 Å². The number of alkyl halides is 1. The fourth-order valence-corrected chi connectivity index (χ4v) is 29.0. The Balaban J connectivity index is 0.000000166. The summed E-state index contributed by atoms with van der Waals surface area (Å²) in [5.74, 6) is 0.296. The maximum absolute atomic E-state index is 13.3. The molecule has 1 N–H and O–H groups in total. The third-order valence-electron chi connectivity index (χ3n) is 29.8. The second-order valence-electron chi connectivity index (χ2n) is 40.7. The Hall–Kier alpha value is -3.91. The van der Waals surface area contributed by atoms with Gasteiger partial charge >= 0.3 is 0 Å². The average molecular weight is 2600 g/mol. The fourth-order valence-electron chi connectivity index (χ4n) is 20.9. The number of ether oxygens (including phenoxy) is 5. The minimum absolute atomic E-state index is 0.00711. The van der Waals surface area contributed by atoms with E-state index in [-0.39, 0.29) is 180 Å². The Labute approximate surface area is 892 Å². The largest absolute Gasteiger partial charge is 0.491 e. The van der Waals surface area contributed by atoms with Crippen LogP contribution in [-0.2, 0) is 23.2 Å². The highest BCUT2D eigenvalue weighted by atomic mass is 127. The molecule has 0 aromatic carbocycles. The van der Waals surface area contributed by atoms with Crippen molar-refractivity contribution >= 4 is 185 Å². The number of methoxy groups -OCH3 is 5. The van der Waals surface area contributed by atoms with E-state index in [4.69, 9.17) is 36.7 Å². The Morgan fingerprint density at radius 3 is 0.964 bits per heavy atom. The second-order valence-corrected chi connectivity index (χ2v) is 58.5. The van der Waals surface area contributed by atoms with E-state index in [1.807, 2.05) is 75.8 Å². The first-order valence-corrected chi connectivity index (χ1v) is 62.9. The molecule has 10 atom stereocenters. The zero-order valence-electron chi connectivity index (χ0n) is 84.3. The molecule has 0 spiro atoms. The summed E-state index contributed by atoms with van der Waals surface area (Å²) in [6, 6.07) is 0.0962. The number of ketones is 4. The standard InChI is InChI=1S/C24H39IN2O4Si.C20H31BrINO4Si.C19H27IN2O6S.C18H25IN2O4.C17H22IN3O3/c1-8-11-18(28)21-23(30-5)22(29)19(25)20-17(26-12-9-10-13-26)14-16(27(20)21)15-31-32(6,7)24(2,3)4;1-8-9-14(24)17-19(26-5)18(25)15(22)16-13(21)10-12(23(16)17)11-27-28(6,7)20(2,3)4;1-4-7-14(23)17-19(27-2)18(24)15(20)16-13(21-8-5-6-9-21)10-12(22(16)17)11-28-29(3,25)26;1-3-6-13(23)16-18(25-2)17(24)14(19)15-12(20-7-4-5-8-20)9-11(10-22)21(15)16;1-3-19-9-10-8-11(20-6-4-5-7-20)13-12(18)15(22)16(24-2)14(17(19)23)21(10)13/h16-17H,8-15H2,1-7H3;12-13H,8-11H2,1-7H3;12-13H,4-11H2,1-3H3;11-12,22H,3-10H2,1-2H3;10-11H,3-9H2,1-2H3/t16-,17+;12-,13?;12-,13+;11-,12+;10-,11+/m00000/s1. The molecule has 5 aromatic rings. The highest BCUT2D eigenvalue weighted by Crippen LogP contribution is 2.52. The van der Waals surface area contributed by atoms with Gasteiger partial charge in [0.25, 0.3) is 16.0 Å². The highest BCUT2D eigenvalue weighted by Gasteiger charge is 2.51. The Morgan fingerprint density at radius 2 is 0.674 bits per heavy atom. The molecule has 15 rings (SSSR count). The Bertz CT molecular complexity index is 5770. The number of fused-ring (bicyclic) bond motifs is 4. The van der Waals surface area contributed by atoms with Gasteiger partial charge in [-0.2, -0.15) is 8.42 Å². The van der Waals surface area contributed by atoms with Crippen LogP contribution in [0, 0.1) is 17.9 Å². The van der Waals surface area contributed by atoms with Crippen LogP contribution in [0.4, 0.5) is 0 Å². The molecule has 0 saturated carbocycles. The van der Waals surface area contributed by atoms with E-state index in [9.17, 15) is 61.5 Å². The molecule has 5 aromatic heterocycles. The summed E-state index contributed by atoms with van der Waals surface area (Å²) in [5, 5.41) is 10.2. The van der Waals surface area contributed by atoms with Gasteiger partial charge in [0.15, 0.2) is 74.2 Å². The number of hydrogen-bond donors (Lipinski definition) is 1. The molecule has 4 saturated heterocycles. The van der Waals surface area contributed by atoms with Crippen molar-refractivity contribution in [1.29, 1.82) is 0 Å². The van der Waals surface area contributed by atoms with Crippen molar-refractivity contribution in [3.63, 3.8) is 0 Å². The van der Waals surface area contributed by atoms with Gasteiger partial charge in [0, 0.05) is 44.5 Å². The van der Waals surface area contributed by atoms with Crippen molar-refractivity contribution in [2.24, 2.45) is 0 Å². The van der Waals surface area contributed by atoms with E-state index in [1.54, 1.807) is 0 Å². The first-order chi connectivity index (χ1) is 65.1. The topological polar surface area (TPSA) is 340 Å². The third kappa shape index (κ3) is 23.6. The monoisotopic (exact) mass is 2600 g/mol. The maximum Gasteiger partial charge on any atom is 0.274 e. The lowest BCUT2D eigenvalue weighted by Gasteiger charge is -2.37. The van der Waals surface area contributed by atoms with E-state index in [0.717, 1.165) is 158 Å². The lowest BCUT2D eigenvalue weighted by Crippen LogP contribution is -2.44. The van der Waals surface area contributed by atoms with E-state index in [0.29, 0.717) is 98.9 Å². The number of aliphatic hydroxyl groups is 1. The molecule has 0 radical (unpaired) electrons. The smallest absolute Gasteiger partial charge is 0.274 e. The van der Waals surface area contributed by atoms with Gasteiger partial charge in [-0.1, -0.05) is 85.2 Å². The lowest BCUT2D eigenvalue weighted by molar-refractivity contribution is 0.0672. The number of halogens is 6. The first kappa shape index (κ1) is 114. The lowest BCUT2D eigenvalue weighted by atomic mass is 10.1. The Kier molecular flexibility index (Phi) is 40.1. The van der Waals surface area contributed by atoms with Crippen LogP contribution in [-0.4, -0.2) is 240 Å². The molecule has 1 amide bonds. The number of likely N-dealkylation sites (N-methyl/N-ethyl adjacent to an activating group) is 1. The molecule has 0 aliphatic carbocycles. The van der Waals surface area contributed by atoms with Gasteiger partial charge in [-0.15, -0.1) is 0 Å². The maximum atomic E-state index is 13.3. The predicted octanol–water partition coefficient (Wildman–Crippen LogP) is 18.4. The van der Waals surface area contributed by atoms with Crippen LogP contribution in [0.3, 0.4) is 0 Å². The van der Waals surface area contributed by atoms with Crippen molar-refractivity contribution in [2.75, 3.05) is 134 Å². The van der Waals surface area contributed by atoms with Crippen molar-refractivity contribution in [1.82, 2.24) is 47.3 Å². The number of nitrogens with zero attached hydrogens (tertiary/aromatic N) is 10. The van der Waals surface area contributed by atoms with E-state index < -0.39 is 26.8 Å². The Morgan fingerprint density at radius 1 is 0.406 bits per heavy atom. The summed E-state index contributed by atoms with van der Waals surface area (Å²) in [5.41, 5.74) is 5.42. The summed E-state index contributed by atoms with van der Waals surface area (Å²) >= 11 is 14.2. The summed E-state index contributed by atoms with van der Waals surface area (Å²) in [7, 11) is -0.263. The normalized spacial score (nSPS) is 22.4. The molecule has 4 fully saturated rings. The molecule has 10 aliphatic heterocycles. The number of Topliss-reactive ketones (excluding diaryl/α,β-unsaturated/α-hetero) is 4. The molecular weight excluding hydrogens is 2460 g/mol. The van der Waals surface area contributed by atoms with Crippen molar-refractivity contribution < 1.29 is 74.2 Å². The predicted molar refractivity (Wildman–Crippen MR) is 587 cm³/mol. The molecule has 0 bridgehead atoms. The van der Waals surface area contributed by atoms with Gasteiger partial charge in [0.2, 0.25) is 27.1 Å². The number of aliphatic hydroxyl groups excluding tert-OH is 1. The first-order valence-electron chi connectivity index (χ1n) is 49.0. The van der Waals surface area contributed by atoms with Gasteiger partial charge in [0.05, 0.1) is 168 Å². The van der Waals surface area contributed by atoms with Crippen LogP contribution in [0.1, 0.15) is 351 Å². The van der Waals surface area contributed by atoms with Crippen LogP contribution < -0.4 is 50.8 Å². The molecule has 10 aliphatic rings. The number of carbonyl (C=O) groups is 5. The molecule has 768 valence electrons. The highest BCUT2D eigenvalue weighted by molar-refractivity contribution is 14.1. The van der Waals surface area contributed by atoms with Crippen LogP contribution in [0.2, 0.25) is 36.3 Å². The minimum atomic E-state index is -3.63. The SMILES string of the molecule is CCCC(=O)c1c(OC)c(=O)c(I)c2n1[C@H](CO)C[C@H]2N1CCCC1.CCCC(=O)c1c(OC)c(=O)c(I)c2n1[C@H](COS(C)(=O)=O)C[C@H]2N1CCCC1.CCCC(=O)c1c(OC)c(=O)c(I)c2n1[C@H](CO[Si](C)(C)C(C)(C)C)CC2Br.CCCC(=O)c1c(OC)c(=O)c(I)c2n1[C@H](CO[Si](C)(C)C(C)(C)C)C[C@H]2N1CCCC1.CCN1C[C@@H]2C[C@@H](N3CCCC3)c3c(I)c(=O)c(OC)c(n32)C1=O. The number of pyridine rings is 5. The summed E-state index contributed by atoms with van der Waals surface area (Å²) in [6.45, 7) is 42.5. The number of aromatic nitrogens is 5. The van der Waals surface area contributed by atoms with Crippen molar-refractivity contribution in [3.8, 4) is 28.7 Å². The van der Waals surface area contributed by atoms with Crippen LogP contribution in [0.15, 0.2) is 24.0 Å². The second kappa shape index (κ2) is 48.4. The fraction of sp³-hybridized carbons (Fsp3) is 0.694. The van der Waals surface area contributed by atoms with Gasteiger partial charge in [0.1, 0.15) is 22.8 Å². The van der Waals surface area contributed by atoms with E-state index in [1.165, 1.54) is 61.2 Å². The zero-order chi connectivity index (χ0) is 102. The van der Waals surface area contributed by atoms with Gasteiger partial charge in [-0.3, -0.25) is 71.7 Å². The number of hydrogen-bond acceptors (Lipinski definition) is 25. The quantitative estimate of drug-likeness (QED) is 0.0137. The van der Waals surface area contributed by atoms with Crippen LogP contribution in [0.25, 0.3) is 0 Å². The third-order valence-corrected chi connectivity index (χ3v) is 45.3. The number of amides is 1. The average Bonchev–Trinajstić information content (AvgIpc) is 1.58.